The molecule has 3 heterocycles. The fourth-order valence-electron chi connectivity index (χ4n) is 3.09. The molecule has 0 unspecified atom stereocenters. The van der Waals surface area contributed by atoms with Gasteiger partial charge in [0.05, 0.1) is 17.8 Å². The fraction of sp³-hybridized carbons (Fsp3) is 0.765. The van der Waals surface area contributed by atoms with Crippen molar-refractivity contribution >= 4 is 24.3 Å². The summed E-state index contributed by atoms with van der Waals surface area (Å²) in [5, 5.41) is 9.81. The first-order valence-electron chi connectivity index (χ1n) is 8.94. The minimum atomic E-state index is -0.411. The molecule has 2 saturated heterocycles. The monoisotopic (exact) mass is 365 g/mol. The van der Waals surface area contributed by atoms with Crippen LogP contribution in [0.1, 0.15) is 34.1 Å². The van der Waals surface area contributed by atoms with Crippen molar-refractivity contribution in [3.63, 3.8) is 0 Å². The third-order valence-electron chi connectivity index (χ3n) is 5.41. The van der Waals surface area contributed by atoms with E-state index < -0.39 is 7.12 Å². The number of hydrogen-bond donors (Lipinski definition) is 1. The number of aliphatic hydroxyl groups is 1. The van der Waals surface area contributed by atoms with Crippen LogP contribution in [0.2, 0.25) is 0 Å². The predicted molar refractivity (Wildman–Crippen MR) is 100 cm³/mol. The number of rotatable bonds is 6. The Morgan fingerprint density at radius 2 is 1.88 bits per heavy atom. The van der Waals surface area contributed by atoms with Crippen molar-refractivity contribution in [2.45, 2.75) is 50.5 Å². The van der Waals surface area contributed by atoms with Crippen LogP contribution < -0.4 is 5.46 Å². The Morgan fingerprint density at radius 1 is 1.24 bits per heavy atom. The Hall–Kier alpha value is -0.665. The minimum absolute atomic E-state index is 0.239. The van der Waals surface area contributed by atoms with Crippen LogP contribution in [0.5, 0.6) is 0 Å². The van der Waals surface area contributed by atoms with Crippen molar-refractivity contribution < 1.29 is 14.4 Å². The predicted octanol–water partition coefficient (Wildman–Crippen LogP) is 1.18. The molecule has 0 saturated carbocycles. The molecule has 8 heteroatoms. The van der Waals surface area contributed by atoms with Gasteiger partial charge in [0.15, 0.2) is 5.16 Å². The molecule has 138 valence electrons. The Balaban J connectivity index is 1.52. The molecule has 0 amide bonds. The molecule has 25 heavy (non-hydrogen) atoms. The second-order valence-corrected chi connectivity index (χ2v) is 8.86. The Bertz CT molecular complexity index is 569. The molecule has 0 bridgehead atoms. The lowest BCUT2D eigenvalue weighted by Gasteiger charge is -2.32. The second-order valence-electron chi connectivity index (χ2n) is 7.88. The normalized spacial score (nSPS) is 25.6. The van der Waals surface area contributed by atoms with Crippen molar-refractivity contribution in [3.05, 3.63) is 12.4 Å². The molecule has 2 aliphatic heterocycles. The summed E-state index contributed by atoms with van der Waals surface area (Å²) in [5.41, 5.74) is 0.153. The van der Waals surface area contributed by atoms with Gasteiger partial charge in [-0.05, 0) is 46.6 Å². The molecular formula is C17H28BN3O3S. The molecule has 1 aromatic rings. The van der Waals surface area contributed by atoms with E-state index in [2.05, 4.69) is 14.9 Å². The van der Waals surface area contributed by atoms with Crippen LogP contribution in [0.3, 0.4) is 0 Å². The summed E-state index contributed by atoms with van der Waals surface area (Å²) in [6.07, 6.45) is 4.80. The molecule has 2 aliphatic rings. The summed E-state index contributed by atoms with van der Waals surface area (Å²) in [5.74, 6) is 1.65. The van der Waals surface area contributed by atoms with E-state index in [0.29, 0.717) is 5.92 Å². The van der Waals surface area contributed by atoms with E-state index in [1.165, 1.54) is 6.42 Å². The molecule has 6 nitrogen and oxygen atoms in total. The van der Waals surface area contributed by atoms with E-state index in [0.717, 1.165) is 36.0 Å². The maximum Gasteiger partial charge on any atom is 0.498 e. The highest BCUT2D eigenvalue weighted by atomic mass is 32.2. The van der Waals surface area contributed by atoms with Crippen LogP contribution >= 0.6 is 11.8 Å². The molecule has 3 rings (SSSR count). The van der Waals surface area contributed by atoms with Gasteiger partial charge in [0.2, 0.25) is 0 Å². The van der Waals surface area contributed by atoms with Gasteiger partial charge in [-0.1, -0.05) is 11.8 Å². The van der Waals surface area contributed by atoms with E-state index in [9.17, 15) is 0 Å². The molecule has 0 aromatic carbocycles. The van der Waals surface area contributed by atoms with Crippen LogP contribution in [0.4, 0.5) is 0 Å². The molecule has 1 aromatic heterocycles. The first-order valence-corrected chi connectivity index (χ1v) is 9.93. The second kappa shape index (κ2) is 7.52. The van der Waals surface area contributed by atoms with Crippen LogP contribution in [0, 0.1) is 5.92 Å². The molecule has 1 N–H and O–H groups in total. The lowest BCUT2D eigenvalue weighted by atomic mass is 9.81. The third kappa shape index (κ3) is 4.36. The summed E-state index contributed by atoms with van der Waals surface area (Å²) in [7, 11) is -0.411. The van der Waals surface area contributed by atoms with Gasteiger partial charge in [-0.25, -0.2) is 9.97 Å². The van der Waals surface area contributed by atoms with Gasteiger partial charge in [-0.3, -0.25) is 0 Å². The maximum absolute atomic E-state index is 9.01. The molecule has 2 fully saturated rings. The van der Waals surface area contributed by atoms with Gasteiger partial charge in [-0.2, -0.15) is 0 Å². The summed E-state index contributed by atoms with van der Waals surface area (Å²) in [4.78, 5) is 11.3. The number of aromatic nitrogens is 2. The average molecular weight is 365 g/mol. The molecule has 0 aliphatic carbocycles. The smallest absolute Gasteiger partial charge is 0.399 e. The zero-order chi connectivity index (χ0) is 18.1. The fourth-order valence-corrected chi connectivity index (χ4v) is 4.00. The first-order chi connectivity index (χ1) is 11.8. The summed E-state index contributed by atoms with van der Waals surface area (Å²) < 4.78 is 12.1. The third-order valence-corrected chi connectivity index (χ3v) is 6.51. The summed E-state index contributed by atoms with van der Waals surface area (Å²) in [6.45, 7) is 11.3. The zero-order valence-corrected chi connectivity index (χ0v) is 16.4. The van der Waals surface area contributed by atoms with Crippen molar-refractivity contribution in [2.75, 3.05) is 32.0 Å². The molecule has 0 spiro atoms. The number of nitrogens with zero attached hydrogens (tertiary/aromatic N) is 3. The minimum Gasteiger partial charge on any atom is -0.399 e. The number of likely N-dealkylation sites (tertiary alicyclic amines) is 1. The number of β-amino-alcohol motifs (C(OH)–C–C–N with tert-alkyl or cyclic N) is 1. The number of hydrogen-bond acceptors (Lipinski definition) is 7. The summed E-state index contributed by atoms with van der Waals surface area (Å²) >= 11 is 1.70. The van der Waals surface area contributed by atoms with Crippen molar-refractivity contribution in [3.8, 4) is 0 Å². The Kier molecular flexibility index (Phi) is 5.75. The standard InChI is InChI=1S/C17H28BN3O3S/c1-16(2)17(3,4)24-18(23-16)14-9-19-15(20-10-14)25-12-13-5-6-21(11-13)7-8-22/h9-10,13,22H,5-8,11-12H2,1-4H3/t13-/m1/s1. The molecule has 1 atom stereocenters. The van der Waals surface area contributed by atoms with Crippen LogP contribution in [0.25, 0.3) is 0 Å². The highest BCUT2D eigenvalue weighted by molar-refractivity contribution is 7.99. The molecular weight excluding hydrogens is 337 g/mol. The Labute approximate surface area is 154 Å². The highest BCUT2D eigenvalue weighted by Crippen LogP contribution is 2.36. The largest absolute Gasteiger partial charge is 0.498 e. The number of aliphatic hydroxyl groups excluding tert-OH is 1. The zero-order valence-electron chi connectivity index (χ0n) is 15.6. The van der Waals surface area contributed by atoms with Crippen molar-refractivity contribution in [1.82, 2.24) is 14.9 Å². The maximum atomic E-state index is 9.01. The van der Waals surface area contributed by atoms with Gasteiger partial charge in [0.1, 0.15) is 0 Å². The van der Waals surface area contributed by atoms with Crippen molar-refractivity contribution in [1.29, 1.82) is 0 Å². The quantitative estimate of drug-likeness (QED) is 0.461. The summed E-state index contributed by atoms with van der Waals surface area (Å²) in [6, 6.07) is 0. The van der Waals surface area contributed by atoms with Gasteiger partial charge >= 0.3 is 7.12 Å². The molecule has 0 radical (unpaired) electrons. The van der Waals surface area contributed by atoms with Gasteiger partial charge < -0.3 is 19.3 Å². The van der Waals surface area contributed by atoms with E-state index in [-0.39, 0.29) is 17.8 Å². The average Bonchev–Trinajstić information content (AvgIpc) is 3.08. The van der Waals surface area contributed by atoms with E-state index in [1.54, 1.807) is 11.8 Å². The highest BCUT2D eigenvalue weighted by Gasteiger charge is 2.51. The van der Waals surface area contributed by atoms with Gasteiger partial charge in [-0.15, -0.1) is 0 Å². The van der Waals surface area contributed by atoms with E-state index in [4.69, 9.17) is 14.4 Å². The lowest BCUT2D eigenvalue weighted by molar-refractivity contribution is 0.00578. The van der Waals surface area contributed by atoms with E-state index in [1.807, 2.05) is 40.1 Å². The van der Waals surface area contributed by atoms with E-state index >= 15 is 0 Å². The lowest BCUT2D eigenvalue weighted by Crippen LogP contribution is -2.41. The first kappa shape index (κ1) is 19.1. The van der Waals surface area contributed by atoms with Crippen LogP contribution in [0.15, 0.2) is 17.6 Å². The number of thioether (sulfide) groups is 1. The topological polar surface area (TPSA) is 67.7 Å². The van der Waals surface area contributed by atoms with Gasteiger partial charge in [0, 0.05) is 36.7 Å². The Morgan fingerprint density at radius 3 is 2.48 bits per heavy atom. The SMILES string of the molecule is CC1(C)OB(c2cnc(SC[C@@H]3CCN(CCO)C3)nc2)OC1(C)C. The van der Waals surface area contributed by atoms with Crippen LogP contribution in [-0.4, -0.2) is 70.3 Å². The van der Waals surface area contributed by atoms with Gasteiger partial charge in [0.25, 0.3) is 0 Å². The van der Waals surface area contributed by atoms with Crippen molar-refractivity contribution in [2.24, 2.45) is 5.92 Å². The van der Waals surface area contributed by atoms with Crippen LogP contribution in [-0.2, 0) is 9.31 Å².